The zero-order valence-electron chi connectivity index (χ0n) is 12.8. The van der Waals surface area contributed by atoms with Crippen molar-refractivity contribution in [3.8, 4) is 0 Å². The topological polar surface area (TPSA) is 72.6 Å². The Kier molecular flexibility index (Phi) is 4.98. The number of piperidine rings is 1. The van der Waals surface area contributed by atoms with Crippen LogP contribution < -0.4 is 0 Å². The van der Waals surface area contributed by atoms with Crippen LogP contribution in [0.2, 0.25) is 0 Å². The first-order valence-electron chi connectivity index (χ1n) is 7.49. The Labute approximate surface area is 124 Å². The first kappa shape index (κ1) is 15.5. The number of amides is 1. The van der Waals surface area contributed by atoms with E-state index in [4.69, 9.17) is 9.26 Å². The van der Waals surface area contributed by atoms with Crippen molar-refractivity contribution in [2.24, 2.45) is 5.92 Å². The van der Waals surface area contributed by atoms with Gasteiger partial charge in [-0.05, 0) is 33.1 Å². The number of likely N-dealkylation sites (tertiary alicyclic amines) is 1. The van der Waals surface area contributed by atoms with Gasteiger partial charge in [0.25, 0.3) is 5.91 Å². The fraction of sp³-hybridized carbons (Fsp3) is 0.667. The van der Waals surface area contributed by atoms with E-state index in [1.165, 1.54) is 0 Å². The maximum absolute atomic E-state index is 12.6. The molecule has 2 heterocycles. The molecule has 1 aliphatic heterocycles. The number of nitrogens with zero attached hydrogens (tertiary/aromatic N) is 2. The molecule has 6 nitrogen and oxygen atoms in total. The normalized spacial score (nSPS) is 16.0. The summed E-state index contributed by atoms with van der Waals surface area (Å²) >= 11 is 0. The third-order valence-corrected chi connectivity index (χ3v) is 3.88. The molecule has 0 aromatic carbocycles. The Balaban J connectivity index is 2.00. The molecule has 2 rings (SSSR count). The fourth-order valence-electron chi connectivity index (χ4n) is 2.67. The summed E-state index contributed by atoms with van der Waals surface area (Å²) in [6, 6.07) is 0. The van der Waals surface area contributed by atoms with E-state index in [-0.39, 0.29) is 17.8 Å². The Morgan fingerprint density at radius 2 is 2.00 bits per heavy atom. The van der Waals surface area contributed by atoms with Crippen LogP contribution in [0.25, 0.3) is 0 Å². The molecule has 1 aromatic heterocycles. The number of ether oxygens (including phenoxy) is 1. The summed E-state index contributed by atoms with van der Waals surface area (Å²) in [4.78, 5) is 26.1. The number of carbonyl (C=O) groups excluding carboxylic acids is 2. The molecule has 0 aliphatic carbocycles. The van der Waals surface area contributed by atoms with Crippen molar-refractivity contribution in [3.63, 3.8) is 0 Å². The third kappa shape index (κ3) is 3.25. The van der Waals surface area contributed by atoms with Crippen LogP contribution >= 0.6 is 0 Å². The van der Waals surface area contributed by atoms with Gasteiger partial charge in [0.05, 0.1) is 18.2 Å². The molecule has 0 N–H and O–H groups in total. The maximum Gasteiger partial charge on any atom is 0.309 e. The second kappa shape index (κ2) is 6.74. The Morgan fingerprint density at radius 3 is 2.57 bits per heavy atom. The van der Waals surface area contributed by atoms with E-state index in [2.05, 4.69) is 5.16 Å². The van der Waals surface area contributed by atoms with E-state index in [9.17, 15) is 9.59 Å². The largest absolute Gasteiger partial charge is 0.466 e. The highest BCUT2D eigenvalue weighted by molar-refractivity contribution is 5.96. The van der Waals surface area contributed by atoms with Crippen molar-refractivity contribution in [3.05, 3.63) is 17.0 Å². The summed E-state index contributed by atoms with van der Waals surface area (Å²) in [5.41, 5.74) is 1.28. The van der Waals surface area contributed by atoms with Gasteiger partial charge in [-0.3, -0.25) is 9.59 Å². The first-order valence-corrected chi connectivity index (χ1v) is 7.49. The molecule has 1 aliphatic rings. The Morgan fingerprint density at radius 1 is 1.33 bits per heavy atom. The molecule has 0 unspecified atom stereocenters. The smallest absolute Gasteiger partial charge is 0.309 e. The average molecular weight is 294 g/mol. The molecular formula is C15H22N2O4. The lowest BCUT2D eigenvalue weighted by atomic mass is 9.96. The number of rotatable bonds is 4. The number of hydrogen-bond acceptors (Lipinski definition) is 5. The van der Waals surface area contributed by atoms with Gasteiger partial charge in [-0.1, -0.05) is 12.1 Å². The zero-order valence-corrected chi connectivity index (χ0v) is 12.8. The van der Waals surface area contributed by atoms with Crippen LogP contribution in [0.1, 0.15) is 48.5 Å². The molecular weight excluding hydrogens is 272 g/mol. The summed E-state index contributed by atoms with van der Waals surface area (Å²) in [5.74, 6) is 0.264. The monoisotopic (exact) mass is 294 g/mol. The lowest BCUT2D eigenvalue weighted by Crippen LogP contribution is -2.41. The maximum atomic E-state index is 12.6. The van der Waals surface area contributed by atoms with E-state index in [1.54, 1.807) is 18.7 Å². The van der Waals surface area contributed by atoms with Crippen molar-refractivity contribution < 1.29 is 18.8 Å². The fourth-order valence-corrected chi connectivity index (χ4v) is 2.67. The van der Waals surface area contributed by atoms with Gasteiger partial charge in [0, 0.05) is 13.1 Å². The third-order valence-electron chi connectivity index (χ3n) is 3.88. The minimum Gasteiger partial charge on any atom is -0.466 e. The van der Waals surface area contributed by atoms with Crippen LogP contribution in [0.3, 0.4) is 0 Å². The molecule has 1 amide bonds. The summed E-state index contributed by atoms with van der Waals surface area (Å²) in [5, 5.41) is 3.92. The highest BCUT2D eigenvalue weighted by atomic mass is 16.5. The summed E-state index contributed by atoms with van der Waals surface area (Å²) in [6.45, 7) is 7.03. The molecule has 21 heavy (non-hydrogen) atoms. The molecule has 0 atom stereocenters. The lowest BCUT2D eigenvalue weighted by molar-refractivity contribution is -0.149. The van der Waals surface area contributed by atoms with Gasteiger partial charge >= 0.3 is 5.97 Å². The van der Waals surface area contributed by atoms with Crippen LogP contribution in [0.15, 0.2) is 4.52 Å². The van der Waals surface area contributed by atoms with E-state index >= 15 is 0 Å². The number of aromatic nitrogens is 1. The lowest BCUT2D eigenvalue weighted by Gasteiger charge is -2.30. The van der Waals surface area contributed by atoms with Crippen LogP contribution in [0.4, 0.5) is 0 Å². The SMILES string of the molecule is CCOC(=O)C1CCN(C(=O)c2c(CC)noc2C)CC1. The molecule has 1 saturated heterocycles. The van der Waals surface area contributed by atoms with Gasteiger partial charge in [0.2, 0.25) is 0 Å². The van der Waals surface area contributed by atoms with E-state index in [0.717, 1.165) is 0 Å². The van der Waals surface area contributed by atoms with E-state index in [1.807, 2.05) is 6.92 Å². The van der Waals surface area contributed by atoms with Crippen LogP contribution in [0.5, 0.6) is 0 Å². The van der Waals surface area contributed by atoms with Crippen LogP contribution in [0, 0.1) is 12.8 Å². The number of aryl methyl sites for hydroxylation is 2. The van der Waals surface area contributed by atoms with Crippen molar-refractivity contribution in [1.29, 1.82) is 0 Å². The summed E-state index contributed by atoms with van der Waals surface area (Å²) in [7, 11) is 0. The standard InChI is InChI=1S/C15H22N2O4/c1-4-12-13(10(3)21-16-12)14(18)17-8-6-11(7-9-17)15(19)20-5-2/h11H,4-9H2,1-3H3. The van der Waals surface area contributed by atoms with Crippen LogP contribution in [-0.4, -0.2) is 41.6 Å². The molecule has 1 fully saturated rings. The second-order valence-electron chi connectivity index (χ2n) is 5.23. The minimum absolute atomic E-state index is 0.0482. The Bertz CT molecular complexity index is 516. The van der Waals surface area contributed by atoms with Crippen molar-refractivity contribution in [2.75, 3.05) is 19.7 Å². The van der Waals surface area contributed by atoms with Crippen LogP contribution in [-0.2, 0) is 16.0 Å². The zero-order chi connectivity index (χ0) is 15.4. The second-order valence-corrected chi connectivity index (χ2v) is 5.23. The Hall–Kier alpha value is -1.85. The molecule has 0 spiro atoms. The van der Waals surface area contributed by atoms with Gasteiger partial charge in [0.15, 0.2) is 0 Å². The van der Waals surface area contributed by atoms with Gasteiger partial charge in [-0.2, -0.15) is 0 Å². The van der Waals surface area contributed by atoms with Gasteiger partial charge in [-0.25, -0.2) is 0 Å². The van der Waals surface area contributed by atoms with Gasteiger partial charge < -0.3 is 14.2 Å². The molecule has 0 radical (unpaired) electrons. The first-order chi connectivity index (χ1) is 10.1. The molecule has 6 heteroatoms. The number of hydrogen-bond donors (Lipinski definition) is 0. The molecule has 1 aromatic rings. The van der Waals surface area contributed by atoms with Gasteiger partial charge in [-0.15, -0.1) is 0 Å². The number of esters is 1. The van der Waals surface area contributed by atoms with Crippen molar-refractivity contribution in [1.82, 2.24) is 10.1 Å². The van der Waals surface area contributed by atoms with Gasteiger partial charge in [0.1, 0.15) is 11.3 Å². The van der Waals surface area contributed by atoms with E-state index in [0.29, 0.717) is 56.0 Å². The summed E-state index contributed by atoms with van der Waals surface area (Å²) in [6.07, 6.45) is 1.96. The average Bonchev–Trinajstić information content (AvgIpc) is 2.88. The van der Waals surface area contributed by atoms with Crippen molar-refractivity contribution in [2.45, 2.75) is 40.0 Å². The minimum atomic E-state index is -0.153. The molecule has 0 bridgehead atoms. The quantitative estimate of drug-likeness (QED) is 0.794. The highest BCUT2D eigenvalue weighted by Crippen LogP contribution is 2.23. The highest BCUT2D eigenvalue weighted by Gasteiger charge is 2.31. The summed E-state index contributed by atoms with van der Waals surface area (Å²) < 4.78 is 10.2. The van der Waals surface area contributed by atoms with E-state index < -0.39 is 0 Å². The number of carbonyl (C=O) groups is 2. The molecule has 116 valence electrons. The molecule has 0 saturated carbocycles. The predicted molar refractivity (Wildman–Crippen MR) is 75.9 cm³/mol. The predicted octanol–water partition coefficient (Wildman–Crippen LogP) is 1.96. The van der Waals surface area contributed by atoms with Crippen molar-refractivity contribution >= 4 is 11.9 Å².